The van der Waals surface area contributed by atoms with E-state index in [1.54, 1.807) is 6.08 Å². The van der Waals surface area contributed by atoms with E-state index in [1.165, 1.54) is 19.2 Å². The van der Waals surface area contributed by atoms with Crippen LogP contribution < -0.4 is 15.0 Å². The Balaban J connectivity index is 1.84. The Bertz CT molecular complexity index is 1040. The van der Waals surface area contributed by atoms with Crippen LogP contribution in [-0.4, -0.2) is 50.1 Å². The van der Waals surface area contributed by atoms with Crippen LogP contribution in [0.3, 0.4) is 0 Å². The molecular formula is C22H25N3O6. The number of rotatable bonds is 7. The number of imide groups is 1. The molecule has 9 nitrogen and oxygen atoms in total. The first-order valence-corrected chi connectivity index (χ1v) is 9.69. The fourth-order valence-electron chi connectivity index (χ4n) is 2.98. The molecule has 0 unspecified atom stereocenters. The van der Waals surface area contributed by atoms with Crippen molar-refractivity contribution in [1.29, 1.82) is 0 Å². The molecule has 1 N–H and O–H groups in total. The van der Waals surface area contributed by atoms with Gasteiger partial charge < -0.3 is 24.1 Å². The molecule has 0 saturated carbocycles. The molecule has 1 aromatic heterocycles. The standard InChI is InChI=1S/C22H25N3O6/c1-13(2)30-19-11-15(24(3)4)7-6-14(19)10-17-20(26)25(22(28)23-17)12-16-8-9-18(31-16)21(27)29-5/h6-11,13H,12H2,1-5H3,(H,23,28). The SMILES string of the molecule is COC(=O)c1ccc(CN2C(=O)NC(=Cc3ccc(N(C)C)cc3OC(C)C)C2=O)o1. The third-order valence-electron chi connectivity index (χ3n) is 4.50. The molecule has 2 heterocycles. The van der Waals surface area contributed by atoms with Gasteiger partial charge in [-0.05, 0) is 44.2 Å². The van der Waals surface area contributed by atoms with Crippen molar-refractivity contribution in [1.82, 2.24) is 10.2 Å². The number of hydrogen-bond donors (Lipinski definition) is 1. The molecule has 2 aromatic rings. The van der Waals surface area contributed by atoms with Gasteiger partial charge in [-0.2, -0.15) is 0 Å². The lowest BCUT2D eigenvalue weighted by Gasteiger charge is -2.18. The van der Waals surface area contributed by atoms with Gasteiger partial charge in [0, 0.05) is 31.4 Å². The number of esters is 1. The Hall–Kier alpha value is -3.75. The summed E-state index contributed by atoms with van der Waals surface area (Å²) in [6.07, 6.45) is 1.52. The summed E-state index contributed by atoms with van der Waals surface area (Å²) in [5.74, 6) is -0.264. The number of amides is 3. The molecule has 0 radical (unpaired) electrons. The zero-order chi connectivity index (χ0) is 22.7. The quantitative estimate of drug-likeness (QED) is 0.412. The molecule has 1 aliphatic rings. The summed E-state index contributed by atoms with van der Waals surface area (Å²) in [6, 6.07) is 7.97. The van der Waals surface area contributed by atoms with Crippen LogP contribution in [0.15, 0.2) is 40.4 Å². The zero-order valence-electron chi connectivity index (χ0n) is 18.1. The number of nitrogens with one attached hydrogen (secondary N) is 1. The second-order valence-electron chi connectivity index (χ2n) is 7.42. The number of nitrogens with zero attached hydrogens (tertiary/aromatic N) is 2. The highest BCUT2D eigenvalue weighted by molar-refractivity contribution is 6.14. The zero-order valence-corrected chi connectivity index (χ0v) is 18.1. The van der Waals surface area contributed by atoms with Crippen LogP contribution in [0, 0.1) is 0 Å². The minimum absolute atomic E-state index is 0.00298. The maximum absolute atomic E-state index is 12.8. The van der Waals surface area contributed by atoms with Crippen molar-refractivity contribution >= 4 is 29.7 Å². The molecule has 0 aliphatic carbocycles. The number of hydrogen-bond acceptors (Lipinski definition) is 7. The summed E-state index contributed by atoms with van der Waals surface area (Å²) in [6.45, 7) is 3.71. The smallest absolute Gasteiger partial charge is 0.373 e. The van der Waals surface area contributed by atoms with Crippen LogP contribution in [0.5, 0.6) is 5.75 Å². The first-order chi connectivity index (χ1) is 14.7. The van der Waals surface area contributed by atoms with Gasteiger partial charge in [0.2, 0.25) is 5.76 Å². The highest BCUT2D eigenvalue weighted by atomic mass is 16.5. The van der Waals surface area contributed by atoms with Crippen LogP contribution in [0.1, 0.15) is 35.7 Å². The highest BCUT2D eigenvalue weighted by Crippen LogP contribution is 2.29. The van der Waals surface area contributed by atoms with Gasteiger partial charge in [-0.3, -0.25) is 9.69 Å². The number of anilines is 1. The molecule has 1 saturated heterocycles. The van der Waals surface area contributed by atoms with Gasteiger partial charge >= 0.3 is 12.0 Å². The molecule has 0 bridgehead atoms. The Morgan fingerprint density at radius 3 is 2.61 bits per heavy atom. The summed E-state index contributed by atoms with van der Waals surface area (Å²) in [7, 11) is 5.08. The average molecular weight is 427 g/mol. The van der Waals surface area contributed by atoms with E-state index in [-0.39, 0.29) is 29.9 Å². The Kier molecular flexibility index (Phi) is 6.33. The number of urea groups is 1. The summed E-state index contributed by atoms with van der Waals surface area (Å²) < 4.78 is 15.8. The van der Waals surface area contributed by atoms with E-state index in [0.29, 0.717) is 11.3 Å². The minimum atomic E-state index is -0.636. The van der Waals surface area contributed by atoms with E-state index in [1.807, 2.05) is 51.0 Å². The summed E-state index contributed by atoms with van der Waals surface area (Å²) >= 11 is 0. The molecule has 0 atom stereocenters. The van der Waals surface area contributed by atoms with E-state index in [4.69, 9.17) is 9.15 Å². The highest BCUT2D eigenvalue weighted by Gasteiger charge is 2.34. The van der Waals surface area contributed by atoms with Gasteiger partial charge in [0.15, 0.2) is 0 Å². The third-order valence-corrected chi connectivity index (χ3v) is 4.50. The molecule has 164 valence electrons. The molecule has 31 heavy (non-hydrogen) atoms. The van der Waals surface area contributed by atoms with E-state index >= 15 is 0 Å². The second-order valence-corrected chi connectivity index (χ2v) is 7.42. The van der Waals surface area contributed by atoms with E-state index in [9.17, 15) is 14.4 Å². The lowest BCUT2D eigenvalue weighted by Crippen LogP contribution is -2.30. The van der Waals surface area contributed by atoms with Crippen LogP contribution >= 0.6 is 0 Å². The van der Waals surface area contributed by atoms with Crippen molar-refractivity contribution < 1.29 is 28.3 Å². The fraction of sp³-hybridized carbons (Fsp3) is 0.318. The third kappa shape index (κ3) is 4.88. The number of furan rings is 1. The Morgan fingerprint density at radius 2 is 1.97 bits per heavy atom. The number of carbonyl (C=O) groups excluding carboxylic acids is 3. The number of benzene rings is 1. The molecule has 1 aromatic carbocycles. The number of ether oxygens (including phenoxy) is 2. The monoisotopic (exact) mass is 427 g/mol. The average Bonchev–Trinajstić information content (AvgIpc) is 3.28. The molecule has 9 heteroatoms. The molecule has 1 fully saturated rings. The first kappa shape index (κ1) is 21.9. The molecule has 0 spiro atoms. The van der Waals surface area contributed by atoms with E-state index in [2.05, 4.69) is 10.1 Å². The number of methoxy groups -OCH3 is 1. The van der Waals surface area contributed by atoms with Crippen molar-refractivity contribution in [3.8, 4) is 5.75 Å². The summed E-state index contributed by atoms with van der Waals surface area (Å²) in [4.78, 5) is 39.7. The van der Waals surface area contributed by atoms with Crippen LogP contribution in [0.2, 0.25) is 0 Å². The number of carbonyl (C=O) groups is 3. The van der Waals surface area contributed by atoms with Gasteiger partial charge in [0.1, 0.15) is 17.2 Å². The Labute approximate surface area is 180 Å². The van der Waals surface area contributed by atoms with E-state index < -0.39 is 17.9 Å². The van der Waals surface area contributed by atoms with Gasteiger partial charge in [0.25, 0.3) is 5.91 Å². The molecule has 3 amide bonds. The predicted octanol–water partition coefficient (Wildman–Crippen LogP) is 3.01. The Morgan fingerprint density at radius 1 is 1.23 bits per heavy atom. The van der Waals surface area contributed by atoms with Crippen molar-refractivity contribution in [2.45, 2.75) is 26.5 Å². The van der Waals surface area contributed by atoms with Gasteiger partial charge in [-0.15, -0.1) is 0 Å². The van der Waals surface area contributed by atoms with E-state index in [0.717, 1.165) is 10.6 Å². The van der Waals surface area contributed by atoms with Crippen molar-refractivity contribution in [3.63, 3.8) is 0 Å². The lowest BCUT2D eigenvalue weighted by molar-refractivity contribution is -0.123. The van der Waals surface area contributed by atoms with Crippen molar-refractivity contribution in [3.05, 3.63) is 53.1 Å². The summed E-state index contributed by atoms with van der Waals surface area (Å²) in [5.41, 5.74) is 1.73. The minimum Gasteiger partial charge on any atom is -0.490 e. The molecular weight excluding hydrogens is 402 g/mol. The molecule has 3 rings (SSSR count). The maximum Gasteiger partial charge on any atom is 0.373 e. The van der Waals surface area contributed by atoms with Crippen molar-refractivity contribution in [2.24, 2.45) is 0 Å². The summed E-state index contributed by atoms with van der Waals surface area (Å²) in [5, 5.41) is 2.58. The predicted molar refractivity (Wildman–Crippen MR) is 114 cm³/mol. The normalized spacial score (nSPS) is 14.9. The van der Waals surface area contributed by atoms with Crippen molar-refractivity contribution in [2.75, 3.05) is 26.1 Å². The fourth-order valence-corrected chi connectivity index (χ4v) is 2.98. The topological polar surface area (TPSA) is 101 Å². The first-order valence-electron chi connectivity index (χ1n) is 9.69. The van der Waals surface area contributed by atoms with Gasteiger partial charge in [0.05, 0.1) is 19.8 Å². The van der Waals surface area contributed by atoms with Gasteiger partial charge in [-0.1, -0.05) is 0 Å². The lowest BCUT2D eigenvalue weighted by atomic mass is 10.1. The maximum atomic E-state index is 12.8. The molecule has 1 aliphatic heterocycles. The van der Waals surface area contributed by atoms with Crippen LogP contribution in [-0.2, 0) is 16.1 Å². The van der Waals surface area contributed by atoms with Crippen LogP contribution in [0.4, 0.5) is 10.5 Å². The van der Waals surface area contributed by atoms with Gasteiger partial charge in [-0.25, -0.2) is 9.59 Å². The second kappa shape index (κ2) is 8.95. The largest absolute Gasteiger partial charge is 0.490 e. The van der Waals surface area contributed by atoms with Crippen LogP contribution in [0.25, 0.3) is 6.08 Å².